The molecule has 5 nitrogen and oxygen atoms in total. The molecule has 0 aliphatic heterocycles. The van der Waals surface area contributed by atoms with Gasteiger partial charge in [0.05, 0.1) is 16.9 Å². The van der Waals surface area contributed by atoms with Gasteiger partial charge in [-0.25, -0.2) is 0 Å². The van der Waals surface area contributed by atoms with Gasteiger partial charge in [-0.2, -0.15) is 5.10 Å². The van der Waals surface area contributed by atoms with Crippen LogP contribution in [0.15, 0.2) is 6.20 Å². The largest absolute Gasteiger partial charge is 0.286 e. The maximum atomic E-state index is 12.7. The Hall–Kier alpha value is -1.27. The van der Waals surface area contributed by atoms with Gasteiger partial charge in [0, 0.05) is 12.0 Å². The SMILES string of the molecule is CCCn1ncc(Cl)c1C(=O)c1snnc1C(C)(C)C. The molecule has 20 heavy (non-hydrogen) atoms. The van der Waals surface area contributed by atoms with Crippen LogP contribution in [0.1, 0.15) is 55.2 Å². The van der Waals surface area contributed by atoms with Crippen LogP contribution in [0.25, 0.3) is 0 Å². The van der Waals surface area contributed by atoms with E-state index >= 15 is 0 Å². The molecule has 7 heteroatoms. The lowest BCUT2D eigenvalue weighted by Gasteiger charge is -2.16. The zero-order valence-corrected chi connectivity index (χ0v) is 13.5. The molecule has 0 bridgehead atoms. The van der Waals surface area contributed by atoms with Gasteiger partial charge in [0.1, 0.15) is 10.6 Å². The normalized spacial score (nSPS) is 11.8. The number of hydrogen-bond acceptors (Lipinski definition) is 5. The molecule has 0 saturated carbocycles. The minimum atomic E-state index is -0.236. The summed E-state index contributed by atoms with van der Waals surface area (Å²) in [4.78, 5) is 13.3. The zero-order chi connectivity index (χ0) is 14.9. The van der Waals surface area contributed by atoms with E-state index in [2.05, 4.69) is 14.7 Å². The molecule has 0 unspecified atom stereocenters. The van der Waals surface area contributed by atoms with Crippen molar-refractivity contribution < 1.29 is 4.79 Å². The molecular weight excluding hydrogens is 296 g/mol. The van der Waals surface area contributed by atoms with Gasteiger partial charge in [-0.1, -0.05) is 43.8 Å². The fourth-order valence-electron chi connectivity index (χ4n) is 1.91. The number of carbonyl (C=O) groups excluding carboxylic acids is 1. The summed E-state index contributed by atoms with van der Waals surface area (Å²) in [5, 5.41) is 8.63. The van der Waals surface area contributed by atoms with Crippen molar-refractivity contribution in [2.75, 3.05) is 0 Å². The van der Waals surface area contributed by atoms with E-state index in [1.54, 1.807) is 4.68 Å². The maximum absolute atomic E-state index is 12.7. The summed E-state index contributed by atoms with van der Waals surface area (Å²) in [7, 11) is 0. The minimum Gasteiger partial charge on any atom is -0.286 e. The molecule has 0 amide bonds. The second-order valence-corrected chi connectivity index (χ2v) is 6.76. The average Bonchev–Trinajstić information content (AvgIpc) is 2.95. The number of rotatable bonds is 4. The van der Waals surface area contributed by atoms with Gasteiger partial charge in [-0.05, 0) is 18.0 Å². The summed E-state index contributed by atoms with van der Waals surface area (Å²) < 4.78 is 5.57. The first kappa shape index (κ1) is 15.1. The predicted octanol–water partition coefficient (Wildman–Crippen LogP) is 3.33. The predicted molar refractivity (Wildman–Crippen MR) is 79.6 cm³/mol. The van der Waals surface area contributed by atoms with Crippen LogP contribution in [0.4, 0.5) is 0 Å². The first-order valence-electron chi connectivity index (χ1n) is 6.45. The monoisotopic (exact) mass is 312 g/mol. The van der Waals surface area contributed by atoms with Crippen molar-refractivity contribution in [3.05, 3.63) is 27.5 Å². The summed E-state index contributed by atoms with van der Waals surface area (Å²) in [6.07, 6.45) is 2.39. The fourth-order valence-corrected chi connectivity index (χ4v) is 2.95. The van der Waals surface area contributed by atoms with Crippen LogP contribution < -0.4 is 0 Å². The van der Waals surface area contributed by atoms with Gasteiger partial charge in [-0.3, -0.25) is 9.48 Å². The van der Waals surface area contributed by atoms with Crippen molar-refractivity contribution in [1.29, 1.82) is 0 Å². The van der Waals surface area contributed by atoms with E-state index in [0.717, 1.165) is 18.0 Å². The molecular formula is C13H17ClN4OS. The van der Waals surface area contributed by atoms with E-state index in [1.807, 2.05) is 27.7 Å². The molecule has 2 aromatic rings. The van der Waals surface area contributed by atoms with Gasteiger partial charge >= 0.3 is 0 Å². The van der Waals surface area contributed by atoms with Gasteiger partial charge in [0.25, 0.3) is 0 Å². The highest BCUT2D eigenvalue weighted by atomic mass is 35.5. The first-order valence-corrected chi connectivity index (χ1v) is 7.60. The number of nitrogens with zero attached hydrogens (tertiary/aromatic N) is 4. The highest BCUT2D eigenvalue weighted by Gasteiger charge is 2.29. The van der Waals surface area contributed by atoms with Crippen molar-refractivity contribution in [2.45, 2.75) is 46.1 Å². The van der Waals surface area contributed by atoms with E-state index in [0.29, 0.717) is 27.8 Å². The Morgan fingerprint density at radius 2 is 2.15 bits per heavy atom. The number of aromatic nitrogens is 4. The van der Waals surface area contributed by atoms with E-state index in [1.165, 1.54) is 6.20 Å². The molecule has 0 fully saturated rings. The van der Waals surface area contributed by atoms with E-state index in [9.17, 15) is 4.79 Å². The Bertz CT molecular complexity index is 627. The van der Waals surface area contributed by atoms with Crippen molar-refractivity contribution >= 4 is 28.9 Å². The smallest absolute Gasteiger partial charge is 0.226 e. The van der Waals surface area contributed by atoms with Gasteiger partial charge in [0.15, 0.2) is 0 Å². The molecule has 0 aromatic carbocycles. The lowest BCUT2D eigenvalue weighted by atomic mass is 9.90. The second kappa shape index (κ2) is 5.61. The molecule has 2 heterocycles. The van der Waals surface area contributed by atoms with Crippen LogP contribution >= 0.6 is 23.1 Å². The van der Waals surface area contributed by atoms with Crippen LogP contribution in [-0.2, 0) is 12.0 Å². The van der Waals surface area contributed by atoms with Crippen molar-refractivity contribution in [2.24, 2.45) is 0 Å². The lowest BCUT2D eigenvalue weighted by Crippen LogP contribution is -2.18. The molecule has 0 spiro atoms. The summed E-state index contributed by atoms with van der Waals surface area (Å²) >= 11 is 7.23. The topological polar surface area (TPSA) is 60.7 Å². The van der Waals surface area contributed by atoms with E-state index < -0.39 is 0 Å². The third kappa shape index (κ3) is 2.76. The quantitative estimate of drug-likeness (QED) is 0.812. The van der Waals surface area contributed by atoms with E-state index in [4.69, 9.17) is 11.6 Å². The molecule has 2 rings (SSSR count). The molecule has 0 aliphatic rings. The van der Waals surface area contributed by atoms with Gasteiger partial charge < -0.3 is 0 Å². The second-order valence-electron chi connectivity index (χ2n) is 5.59. The maximum Gasteiger partial charge on any atom is 0.226 e. The van der Waals surface area contributed by atoms with Crippen molar-refractivity contribution in [3.8, 4) is 0 Å². The fraction of sp³-hybridized carbons (Fsp3) is 0.538. The van der Waals surface area contributed by atoms with Gasteiger partial charge in [-0.15, -0.1) is 5.10 Å². The first-order chi connectivity index (χ1) is 9.36. The summed E-state index contributed by atoms with van der Waals surface area (Å²) in [6, 6.07) is 0. The summed E-state index contributed by atoms with van der Waals surface area (Å²) in [6.45, 7) is 8.70. The summed E-state index contributed by atoms with van der Waals surface area (Å²) in [5.41, 5.74) is 0.887. The number of hydrogen-bond donors (Lipinski definition) is 0. The zero-order valence-electron chi connectivity index (χ0n) is 12.0. The number of aryl methyl sites for hydroxylation is 1. The Kier molecular flexibility index (Phi) is 4.25. The Labute approximate surface area is 127 Å². The standard InChI is InChI=1S/C13H17ClN4OS/c1-5-6-18-9(8(14)7-15-18)10(19)11-12(13(2,3)4)16-17-20-11/h7H,5-6H2,1-4H3. The van der Waals surface area contributed by atoms with E-state index in [-0.39, 0.29) is 11.2 Å². The molecule has 0 atom stereocenters. The number of ketones is 1. The van der Waals surface area contributed by atoms with Crippen molar-refractivity contribution in [3.63, 3.8) is 0 Å². The molecule has 0 radical (unpaired) electrons. The number of halogens is 1. The van der Waals surface area contributed by atoms with Crippen LogP contribution in [-0.4, -0.2) is 25.2 Å². The molecule has 0 saturated heterocycles. The average molecular weight is 313 g/mol. The third-order valence-corrected chi connectivity index (χ3v) is 3.85. The Morgan fingerprint density at radius 3 is 2.75 bits per heavy atom. The molecule has 0 aliphatic carbocycles. The molecule has 108 valence electrons. The van der Waals surface area contributed by atoms with Crippen LogP contribution in [0.3, 0.4) is 0 Å². The minimum absolute atomic E-state index is 0.152. The molecule has 2 aromatic heterocycles. The highest BCUT2D eigenvalue weighted by molar-refractivity contribution is 7.08. The van der Waals surface area contributed by atoms with Crippen LogP contribution in [0.2, 0.25) is 5.02 Å². The van der Waals surface area contributed by atoms with Gasteiger partial charge in [0.2, 0.25) is 5.78 Å². The molecule has 0 N–H and O–H groups in total. The highest BCUT2D eigenvalue weighted by Crippen LogP contribution is 2.29. The Morgan fingerprint density at radius 1 is 1.45 bits per heavy atom. The van der Waals surface area contributed by atoms with Crippen molar-refractivity contribution in [1.82, 2.24) is 19.4 Å². The Balaban J connectivity index is 2.48. The van der Waals surface area contributed by atoms with Crippen LogP contribution in [0, 0.1) is 0 Å². The number of carbonyl (C=O) groups is 1. The van der Waals surface area contributed by atoms with Crippen LogP contribution in [0.5, 0.6) is 0 Å². The third-order valence-electron chi connectivity index (χ3n) is 2.85. The lowest BCUT2D eigenvalue weighted by molar-refractivity contribution is 0.103. The summed E-state index contributed by atoms with van der Waals surface area (Å²) in [5.74, 6) is -0.152.